The van der Waals surface area contributed by atoms with Gasteiger partial charge >= 0.3 is 0 Å². The minimum Gasteiger partial charge on any atom is -0.491 e. The van der Waals surface area contributed by atoms with Gasteiger partial charge in [0.1, 0.15) is 18.5 Å². The van der Waals surface area contributed by atoms with Gasteiger partial charge in [0.25, 0.3) is 0 Å². The minimum atomic E-state index is -0.673. The maximum Gasteiger partial charge on any atom is 0.236 e. The fourth-order valence-electron chi connectivity index (χ4n) is 3.94. The van der Waals surface area contributed by atoms with E-state index in [4.69, 9.17) is 4.74 Å². The molecule has 1 aromatic rings. The second-order valence-corrected chi connectivity index (χ2v) is 8.33. The van der Waals surface area contributed by atoms with Crippen LogP contribution in [0.25, 0.3) is 0 Å². The van der Waals surface area contributed by atoms with Gasteiger partial charge in [0.2, 0.25) is 5.91 Å². The molecular weight excluding hydrogens is 394 g/mol. The van der Waals surface area contributed by atoms with E-state index < -0.39 is 6.10 Å². The second-order valence-electron chi connectivity index (χ2n) is 8.33. The largest absolute Gasteiger partial charge is 0.491 e. The van der Waals surface area contributed by atoms with E-state index in [-0.39, 0.29) is 19.1 Å². The lowest BCUT2D eigenvalue weighted by atomic mass is 10.2. The number of hydrogen-bond acceptors (Lipinski definition) is 5. The Morgan fingerprint density at radius 1 is 1.16 bits per heavy atom. The van der Waals surface area contributed by atoms with Crippen LogP contribution in [-0.4, -0.2) is 103 Å². The first-order chi connectivity index (χ1) is 15.0. The van der Waals surface area contributed by atoms with Crippen LogP contribution >= 0.6 is 0 Å². The van der Waals surface area contributed by atoms with Gasteiger partial charge < -0.3 is 25.0 Å². The number of aryl methyl sites for hydroxylation is 1. The predicted molar refractivity (Wildman–Crippen MR) is 122 cm³/mol. The van der Waals surface area contributed by atoms with Gasteiger partial charge in [0.15, 0.2) is 5.96 Å². The number of aliphatic imine (C=N–C) groups is 1. The summed E-state index contributed by atoms with van der Waals surface area (Å²) in [5.41, 5.74) is 1.13. The Balaban J connectivity index is 1.43. The van der Waals surface area contributed by atoms with E-state index >= 15 is 0 Å². The third kappa shape index (κ3) is 7.40. The van der Waals surface area contributed by atoms with E-state index in [1.54, 1.807) is 0 Å². The van der Waals surface area contributed by atoms with Gasteiger partial charge in [-0.1, -0.05) is 12.1 Å². The van der Waals surface area contributed by atoms with Crippen molar-refractivity contribution in [3.05, 3.63) is 29.8 Å². The molecule has 31 heavy (non-hydrogen) atoms. The number of ether oxygens (including phenoxy) is 1. The van der Waals surface area contributed by atoms with Crippen molar-refractivity contribution in [2.24, 2.45) is 4.99 Å². The van der Waals surface area contributed by atoms with Gasteiger partial charge in [-0.15, -0.1) is 0 Å². The molecule has 2 aliphatic rings. The maximum atomic E-state index is 12.4. The fourth-order valence-corrected chi connectivity index (χ4v) is 3.94. The summed E-state index contributed by atoms with van der Waals surface area (Å²) in [4.78, 5) is 23.4. The first-order valence-corrected chi connectivity index (χ1v) is 11.5. The number of rotatable bonds is 8. The van der Waals surface area contributed by atoms with Crippen LogP contribution in [0.4, 0.5) is 0 Å². The number of carbonyl (C=O) groups excluding carboxylic acids is 1. The van der Waals surface area contributed by atoms with E-state index in [1.807, 2.05) is 43.0 Å². The zero-order valence-corrected chi connectivity index (χ0v) is 18.9. The molecule has 0 aliphatic carbocycles. The van der Waals surface area contributed by atoms with Crippen LogP contribution in [0.5, 0.6) is 5.75 Å². The summed E-state index contributed by atoms with van der Waals surface area (Å²) in [6.45, 7) is 10.9. The highest BCUT2D eigenvalue weighted by atomic mass is 16.5. The van der Waals surface area contributed by atoms with E-state index in [2.05, 4.69) is 20.1 Å². The predicted octanol–water partition coefficient (Wildman–Crippen LogP) is 0.940. The highest BCUT2D eigenvalue weighted by molar-refractivity contribution is 5.80. The number of benzene rings is 1. The van der Waals surface area contributed by atoms with Crippen LogP contribution in [0.3, 0.4) is 0 Å². The van der Waals surface area contributed by atoms with E-state index in [0.29, 0.717) is 6.54 Å². The van der Waals surface area contributed by atoms with Gasteiger partial charge in [0.05, 0.1) is 13.1 Å². The molecule has 0 radical (unpaired) electrons. The van der Waals surface area contributed by atoms with Crippen molar-refractivity contribution in [2.45, 2.75) is 32.8 Å². The molecule has 3 rings (SSSR count). The molecule has 0 bridgehead atoms. The molecule has 172 valence electrons. The van der Waals surface area contributed by atoms with Gasteiger partial charge in [0, 0.05) is 45.8 Å². The number of aliphatic hydroxyl groups excluding tert-OH is 1. The molecule has 8 heteroatoms. The average Bonchev–Trinajstić information content (AvgIpc) is 3.31. The second kappa shape index (κ2) is 11.9. The molecule has 2 heterocycles. The molecule has 1 unspecified atom stereocenters. The quantitative estimate of drug-likeness (QED) is 0.471. The lowest BCUT2D eigenvalue weighted by molar-refractivity contribution is -0.131. The zero-order chi connectivity index (χ0) is 22.1. The summed E-state index contributed by atoms with van der Waals surface area (Å²) in [7, 11) is 0. The van der Waals surface area contributed by atoms with Crippen molar-refractivity contribution in [3.8, 4) is 5.75 Å². The van der Waals surface area contributed by atoms with Crippen LogP contribution in [0.15, 0.2) is 29.3 Å². The number of piperazine rings is 1. The molecule has 2 aliphatic heterocycles. The van der Waals surface area contributed by atoms with Crippen molar-refractivity contribution in [3.63, 3.8) is 0 Å². The maximum absolute atomic E-state index is 12.4. The SMILES string of the molecule is CCNC(=NCC(O)COc1cccc(C)c1)N1CCN(CC(=O)N2CCCC2)CC1. The lowest BCUT2D eigenvalue weighted by Gasteiger charge is -2.36. The van der Waals surface area contributed by atoms with Gasteiger partial charge in [-0.2, -0.15) is 0 Å². The number of aliphatic hydroxyl groups is 1. The molecule has 0 spiro atoms. The van der Waals surface area contributed by atoms with Gasteiger partial charge in [-0.05, 0) is 44.4 Å². The van der Waals surface area contributed by atoms with Crippen LogP contribution in [0, 0.1) is 6.92 Å². The Morgan fingerprint density at radius 3 is 2.58 bits per heavy atom. The number of amides is 1. The highest BCUT2D eigenvalue weighted by Crippen LogP contribution is 2.13. The Kier molecular flexibility index (Phi) is 8.97. The normalized spacial score (nSPS) is 18.9. The number of carbonyl (C=O) groups is 1. The number of nitrogens with one attached hydrogen (secondary N) is 1. The molecule has 1 amide bonds. The molecule has 1 aromatic carbocycles. The zero-order valence-electron chi connectivity index (χ0n) is 18.9. The smallest absolute Gasteiger partial charge is 0.236 e. The third-order valence-electron chi connectivity index (χ3n) is 5.71. The fraction of sp³-hybridized carbons (Fsp3) is 0.652. The average molecular weight is 432 g/mol. The monoisotopic (exact) mass is 431 g/mol. The first-order valence-electron chi connectivity index (χ1n) is 11.5. The Hall–Kier alpha value is -2.32. The molecule has 0 saturated carbocycles. The summed E-state index contributed by atoms with van der Waals surface area (Å²) in [5.74, 6) is 1.82. The van der Waals surface area contributed by atoms with Crippen molar-refractivity contribution in [1.29, 1.82) is 0 Å². The lowest BCUT2D eigenvalue weighted by Crippen LogP contribution is -2.54. The van der Waals surface area contributed by atoms with E-state index in [9.17, 15) is 9.90 Å². The molecule has 2 N–H and O–H groups in total. The molecule has 0 aromatic heterocycles. The van der Waals surface area contributed by atoms with Crippen LogP contribution in [0.1, 0.15) is 25.3 Å². The Morgan fingerprint density at radius 2 is 1.90 bits per heavy atom. The van der Waals surface area contributed by atoms with Crippen LogP contribution in [-0.2, 0) is 4.79 Å². The summed E-state index contributed by atoms with van der Waals surface area (Å²) in [6.07, 6.45) is 1.59. The number of hydrogen-bond donors (Lipinski definition) is 2. The third-order valence-corrected chi connectivity index (χ3v) is 5.71. The summed E-state index contributed by atoms with van der Waals surface area (Å²) in [6, 6.07) is 7.80. The first kappa shape index (κ1) is 23.3. The Bertz CT molecular complexity index is 728. The minimum absolute atomic E-state index is 0.207. The van der Waals surface area contributed by atoms with Crippen LogP contribution in [0.2, 0.25) is 0 Å². The van der Waals surface area contributed by atoms with Gasteiger partial charge in [-0.3, -0.25) is 14.7 Å². The molecule has 2 saturated heterocycles. The van der Waals surface area contributed by atoms with Crippen molar-refractivity contribution >= 4 is 11.9 Å². The molecule has 1 atom stereocenters. The number of nitrogens with zero attached hydrogens (tertiary/aromatic N) is 4. The van der Waals surface area contributed by atoms with Crippen molar-refractivity contribution in [2.75, 3.05) is 65.5 Å². The highest BCUT2D eigenvalue weighted by Gasteiger charge is 2.24. The van der Waals surface area contributed by atoms with Gasteiger partial charge in [-0.25, -0.2) is 0 Å². The molecular formula is C23H37N5O3. The number of likely N-dealkylation sites (tertiary alicyclic amines) is 1. The van der Waals surface area contributed by atoms with Crippen molar-refractivity contribution < 1.29 is 14.6 Å². The summed E-state index contributed by atoms with van der Waals surface area (Å²) >= 11 is 0. The Labute approximate surface area is 185 Å². The number of guanidine groups is 1. The molecule has 2 fully saturated rings. The van der Waals surface area contributed by atoms with Crippen molar-refractivity contribution in [1.82, 2.24) is 20.0 Å². The molecule has 8 nitrogen and oxygen atoms in total. The summed E-state index contributed by atoms with van der Waals surface area (Å²) < 4.78 is 5.68. The van der Waals surface area contributed by atoms with E-state index in [0.717, 1.165) is 75.9 Å². The topological polar surface area (TPSA) is 80.6 Å². The van der Waals surface area contributed by atoms with Crippen LogP contribution < -0.4 is 10.1 Å². The summed E-state index contributed by atoms with van der Waals surface area (Å²) in [5, 5.41) is 13.6. The van der Waals surface area contributed by atoms with E-state index in [1.165, 1.54) is 0 Å². The standard InChI is InChI=1S/C23H37N5O3/c1-3-24-23(25-16-20(29)18-31-21-8-6-7-19(2)15-21)28-13-11-26(12-14-28)17-22(30)27-9-4-5-10-27/h6-8,15,20,29H,3-5,9-14,16-18H2,1-2H3,(H,24,25).